The molecule has 0 aliphatic carbocycles. The molecule has 0 bridgehead atoms. The molecule has 9 nitrogen and oxygen atoms in total. The second-order valence-electron chi connectivity index (χ2n) is 6.59. The Morgan fingerprint density at radius 2 is 1.73 bits per heavy atom. The molecule has 30 heavy (non-hydrogen) atoms. The lowest BCUT2D eigenvalue weighted by molar-refractivity contribution is -0.384. The van der Waals surface area contributed by atoms with Gasteiger partial charge in [-0.25, -0.2) is 8.42 Å². The van der Waals surface area contributed by atoms with Gasteiger partial charge in [-0.15, -0.1) is 0 Å². The van der Waals surface area contributed by atoms with Crippen LogP contribution in [0.5, 0.6) is 5.75 Å². The highest BCUT2D eigenvalue weighted by molar-refractivity contribution is 7.89. The van der Waals surface area contributed by atoms with Crippen molar-refractivity contribution in [1.29, 1.82) is 0 Å². The first-order valence-electron chi connectivity index (χ1n) is 9.38. The minimum Gasteiger partial charge on any atom is -0.484 e. The molecule has 0 aliphatic heterocycles. The van der Waals surface area contributed by atoms with Gasteiger partial charge in [0.05, 0.1) is 9.82 Å². The standard InChI is InChI=1S/C20H25N3O6S/c1-5-22(6-2)30(27,28)18-11-14(3)15(4)19(12-18)21-20(24)13-29-17-9-7-16(8-10-17)23(25)26/h7-12H,5-6,13H2,1-4H3,(H,21,24). The van der Waals surface area contributed by atoms with E-state index < -0.39 is 20.9 Å². The van der Waals surface area contributed by atoms with E-state index in [-0.39, 0.29) is 17.2 Å². The third kappa shape index (κ3) is 5.33. The number of benzene rings is 2. The number of nitro groups is 1. The molecular weight excluding hydrogens is 410 g/mol. The monoisotopic (exact) mass is 435 g/mol. The number of nitrogens with zero attached hydrogens (tertiary/aromatic N) is 2. The molecule has 0 spiro atoms. The number of rotatable bonds is 9. The maximum atomic E-state index is 12.8. The van der Waals surface area contributed by atoms with Crippen molar-refractivity contribution in [3.8, 4) is 5.75 Å². The zero-order valence-electron chi connectivity index (χ0n) is 17.3. The highest BCUT2D eigenvalue weighted by Crippen LogP contribution is 2.26. The summed E-state index contributed by atoms with van der Waals surface area (Å²) < 4.78 is 32.3. The van der Waals surface area contributed by atoms with Gasteiger partial charge in [-0.05, 0) is 49.2 Å². The average Bonchev–Trinajstić information content (AvgIpc) is 2.70. The first kappa shape index (κ1) is 23.3. The van der Waals surface area contributed by atoms with Crippen LogP contribution in [0, 0.1) is 24.0 Å². The molecule has 0 fully saturated rings. The van der Waals surface area contributed by atoms with Crippen LogP contribution in [-0.2, 0) is 14.8 Å². The first-order valence-corrected chi connectivity index (χ1v) is 10.8. The summed E-state index contributed by atoms with van der Waals surface area (Å²) >= 11 is 0. The molecule has 2 rings (SSSR count). The molecule has 2 aromatic carbocycles. The van der Waals surface area contributed by atoms with Crippen molar-refractivity contribution in [2.75, 3.05) is 25.0 Å². The molecule has 10 heteroatoms. The first-order chi connectivity index (χ1) is 14.1. The number of non-ortho nitro benzene ring substituents is 1. The van der Waals surface area contributed by atoms with E-state index in [9.17, 15) is 23.3 Å². The van der Waals surface area contributed by atoms with E-state index in [4.69, 9.17) is 4.74 Å². The molecule has 0 unspecified atom stereocenters. The number of nitro benzene ring substituents is 1. The summed E-state index contributed by atoms with van der Waals surface area (Å²) in [7, 11) is -3.67. The summed E-state index contributed by atoms with van der Waals surface area (Å²) in [5.41, 5.74) is 1.79. The van der Waals surface area contributed by atoms with E-state index in [1.807, 2.05) is 0 Å². The van der Waals surface area contributed by atoms with Gasteiger partial charge in [-0.3, -0.25) is 14.9 Å². The number of amides is 1. The van der Waals surface area contributed by atoms with Gasteiger partial charge in [-0.2, -0.15) is 4.31 Å². The fraction of sp³-hybridized carbons (Fsp3) is 0.350. The molecule has 2 aromatic rings. The molecule has 0 radical (unpaired) electrons. The third-order valence-corrected chi connectivity index (χ3v) is 6.70. The summed E-state index contributed by atoms with van der Waals surface area (Å²) in [6, 6.07) is 8.40. The molecule has 0 aliphatic rings. The van der Waals surface area contributed by atoms with Gasteiger partial charge in [-0.1, -0.05) is 13.8 Å². The van der Waals surface area contributed by atoms with Crippen LogP contribution < -0.4 is 10.1 Å². The Bertz CT molecular complexity index is 1030. The van der Waals surface area contributed by atoms with Gasteiger partial charge in [0, 0.05) is 30.9 Å². The Kier molecular flexibility index (Phi) is 7.52. The van der Waals surface area contributed by atoms with E-state index in [2.05, 4.69) is 5.32 Å². The van der Waals surface area contributed by atoms with Crippen molar-refractivity contribution in [1.82, 2.24) is 4.31 Å². The molecule has 162 valence electrons. The Hall–Kier alpha value is -2.98. The predicted octanol–water partition coefficient (Wildman–Crippen LogP) is 3.26. The number of nitrogens with one attached hydrogen (secondary N) is 1. The zero-order valence-corrected chi connectivity index (χ0v) is 18.2. The quantitative estimate of drug-likeness (QED) is 0.477. The number of sulfonamides is 1. The minimum atomic E-state index is -3.67. The van der Waals surface area contributed by atoms with Crippen LogP contribution >= 0.6 is 0 Å². The van der Waals surface area contributed by atoms with Crippen LogP contribution in [0.15, 0.2) is 41.3 Å². The summed E-state index contributed by atoms with van der Waals surface area (Å²) in [6.07, 6.45) is 0. The van der Waals surface area contributed by atoms with Crippen molar-refractivity contribution in [3.63, 3.8) is 0 Å². The minimum absolute atomic E-state index is 0.0795. The molecular formula is C20H25N3O6S. The predicted molar refractivity (Wildman–Crippen MR) is 113 cm³/mol. The van der Waals surface area contributed by atoms with Crippen LogP contribution in [0.3, 0.4) is 0 Å². The fourth-order valence-electron chi connectivity index (χ4n) is 2.82. The molecule has 0 heterocycles. The average molecular weight is 436 g/mol. The second-order valence-corrected chi connectivity index (χ2v) is 8.53. The van der Waals surface area contributed by atoms with Crippen molar-refractivity contribution in [2.45, 2.75) is 32.6 Å². The van der Waals surface area contributed by atoms with Crippen molar-refractivity contribution >= 4 is 27.3 Å². The normalized spacial score (nSPS) is 11.4. The van der Waals surface area contributed by atoms with E-state index in [1.165, 1.54) is 34.6 Å². The van der Waals surface area contributed by atoms with Crippen molar-refractivity contribution < 1.29 is 22.9 Å². The SMILES string of the molecule is CCN(CC)S(=O)(=O)c1cc(C)c(C)c(NC(=O)COc2ccc([N+](=O)[O-])cc2)c1. The lowest BCUT2D eigenvalue weighted by Gasteiger charge is -2.20. The number of hydrogen-bond acceptors (Lipinski definition) is 6. The van der Waals surface area contributed by atoms with Gasteiger partial charge in [0.2, 0.25) is 10.0 Å². The Balaban J connectivity index is 2.16. The van der Waals surface area contributed by atoms with E-state index in [0.717, 1.165) is 11.1 Å². The lowest BCUT2D eigenvalue weighted by atomic mass is 10.1. The highest BCUT2D eigenvalue weighted by Gasteiger charge is 2.23. The van der Waals surface area contributed by atoms with Gasteiger partial charge >= 0.3 is 0 Å². The van der Waals surface area contributed by atoms with Crippen LogP contribution in [-0.4, -0.2) is 43.2 Å². The third-order valence-electron chi connectivity index (χ3n) is 4.68. The highest BCUT2D eigenvalue weighted by atomic mass is 32.2. The molecule has 0 aromatic heterocycles. The number of anilines is 1. The largest absolute Gasteiger partial charge is 0.484 e. The Morgan fingerprint density at radius 3 is 2.27 bits per heavy atom. The topological polar surface area (TPSA) is 119 Å². The van der Waals surface area contributed by atoms with Crippen LogP contribution in [0.4, 0.5) is 11.4 Å². The summed E-state index contributed by atoms with van der Waals surface area (Å²) in [5.74, 6) is -0.172. The van der Waals surface area contributed by atoms with E-state index in [0.29, 0.717) is 24.5 Å². The van der Waals surface area contributed by atoms with Crippen LogP contribution in [0.2, 0.25) is 0 Å². The summed E-state index contributed by atoms with van der Waals surface area (Å²) in [5, 5.41) is 13.4. The molecule has 1 N–H and O–H groups in total. The summed E-state index contributed by atoms with van der Waals surface area (Å²) in [6.45, 7) is 7.45. The fourth-order valence-corrected chi connectivity index (χ4v) is 4.39. The van der Waals surface area contributed by atoms with Gasteiger partial charge in [0.1, 0.15) is 5.75 Å². The maximum absolute atomic E-state index is 12.8. The summed E-state index contributed by atoms with van der Waals surface area (Å²) in [4.78, 5) is 22.6. The molecule has 0 atom stereocenters. The second kappa shape index (κ2) is 9.68. The zero-order chi connectivity index (χ0) is 22.5. The van der Waals surface area contributed by atoms with E-state index in [1.54, 1.807) is 33.8 Å². The van der Waals surface area contributed by atoms with E-state index >= 15 is 0 Å². The van der Waals surface area contributed by atoms with Crippen LogP contribution in [0.25, 0.3) is 0 Å². The van der Waals surface area contributed by atoms with Crippen molar-refractivity contribution in [2.24, 2.45) is 0 Å². The Labute approximate surface area is 175 Å². The van der Waals surface area contributed by atoms with Gasteiger partial charge in [0.15, 0.2) is 6.61 Å². The molecule has 0 saturated heterocycles. The molecule has 0 saturated carbocycles. The maximum Gasteiger partial charge on any atom is 0.269 e. The van der Waals surface area contributed by atoms with Crippen LogP contribution in [0.1, 0.15) is 25.0 Å². The number of ether oxygens (including phenoxy) is 1. The van der Waals surface area contributed by atoms with Gasteiger partial charge in [0.25, 0.3) is 11.6 Å². The number of aryl methyl sites for hydroxylation is 1. The number of hydrogen-bond donors (Lipinski definition) is 1. The van der Waals surface area contributed by atoms with Crippen molar-refractivity contribution in [3.05, 3.63) is 57.6 Å². The smallest absolute Gasteiger partial charge is 0.269 e. The molecule has 1 amide bonds. The lowest BCUT2D eigenvalue weighted by Crippen LogP contribution is -2.31. The number of carbonyl (C=O) groups excluding carboxylic acids is 1. The number of carbonyl (C=O) groups is 1. The Morgan fingerprint density at radius 1 is 1.13 bits per heavy atom. The van der Waals surface area contributed by atoms with Gasteiger partial charge < -0.3 is 10.1 Å².